The van der Waals surface area contributed by atoms with E-state index in [9.17, 15) is 14.9 Å². The van der Waals surface area contributed by atoms with Crippen molar-refractivity contribution in [3.05, 3.63) is 75.7 Å². The molecule has 0 saturated carbocycles. The molecule has 9 nitrogen and oxygen atoms in total. The molecule has 2 aliphatic heterocycles. The van der Waals surface area contributed by atoms with Gasteiger partial charge in [-0.2, -0.15) is 0 Å². The summed E-state index contributed by atoms with van der Waals surface area (Å²) in [5.74, 6) is 0.258. The number of carbonyl (C=O) groups excluding carboxylic acids is 1. The molecule has 132 valence electrons. The zero-order chi connectivity index (χ0) is 18.3. The van der Waals surface area contributed by atoms with Gasteiger partial charge in [0.1, 0.15) is 5.75 Å². The Balaban J connectivity index is 1.79. The summed E-state index contributed by atoms with van der Waals surface area (Å²) in [5, 5.41) is 17.5. The van der Waals surface area contributed by atoms with Gasteiger partial charge in [0.2, 0.25) is 5.54 Å². The van der Waals surface area contributed by atoms with Gasteiger partial charge >= 0.3 is 5.70 Å². The molecule has 0 bridgehead atoms. The summed E-state index contributed by atoms with van der Waals surface area (Å²) in [7, 11) is 1.55. The zero-order valence-corrected chi connectivity index (χ0v) is 13.7. The van der Waals surface area contributed by atoms with Gasteiger partial charge in [-0.15, -0.1) is 0 Å². The Bertz CT molecular complexity index is 940. The molecule has 1 atom stereocenters. The zero-order valence-electron chi connectivity index (χ0n) is 13.7. The Kier molecular flexibility index (Phi) is 3.51. The van der Waals surface area contributed by atoms with Gasteiger partial charge in [-0.25, -0.2) is 5.43 Å². The minimum atomic E-state index is -1.60. The highest BCUT2D eigenvalue weighted by atomic mass is 16.6. The molecule has 26 heavy (non-hydrogen) atoms. The van der Waals surface area contributed by atoms with Gasteiger partial charge in [-0.1, -0.05) is 18.2 Å². The van der Waals surface area contributed by atoms with Crippen molar-refractivity contribution in [3.63, 3.8) is 0 Å². The van der Waals surface area contributed by atoms with Gasteiger partial charge in [-0.05, 0) is 30.3 Å². The summed E-state index contributed by atoms with van der Waals surface area (Å²) >= 11 is 0. The molecule has 0 saturated heterocycles. The number of carbonyl (C=O) groups is 1. The van der Waals surface area contributed by atoms with Crippen LogP contribution in [0.1, 0.15) is 5.56 Å². The number of hydrogen-bond donors (Lipinski definition) is 4. The summed E-state index contributed by atoms with van der Waals surface area (Å²) < 4.78 is 5.10. The third-order valence-corrected chi connectivity index (χ3v) is 4.43. The lowest BCUT2D eigenvalue weighted by atomic mass is 9.89. The number of rotatable bonds is 4. The first-order valence-corrected chi connectivity index (χ1v) is 7.80. The average molecular weight is 353 g/mol. The minimum absolute atomic E-state index is 0.104. The topological polar surface area (TPSA) is 118 Å². The van der Waals surface area contributed by atoms with Crippen LogP contribution in [0.25, 0.3) is 0 Å². The van der Waals surface area contributed by atoms with Crippen LogP contribution in [-0.4, -0.2) is 17.9 Å². The molecule has 4 rings (SSSR count). The Morgan fingerprint density at radius 3 is 2.58 bits per heavy atom. The molecule has 4 N–H and O–H groups in total. The molecule has 9 heteroatoms. The largest absolute Gasteiger partial charge is 0.497 e. The molecule has 0 aromatic heterocycles. The third kappa shape index (κ3) is 2.18. The number of benzene rings is 2. The van der Waals surface area contributed by atoms with Gasteiger partial charge in [0.15, 0.2) is 5.82 Å². The Morgan fingerprint density at radius 1 is 1.15 bits per heavy atom. The smallest absolute Gasteiger partial charge is 0.323 e. The lowest BCUT2D eigenvalue weighted by Gasteiger charge is -2.18. The van der Waals surface area contributed by atoms with Crippen LogP contribution in [0.3, 0.4) is 0 Å². The average Bonchev–Trinajstić information content (AvgIpc) is 3.15. The molecule has 0 fully saturated rings. The number of amides is 1. The van der Waals surface area contributed by atoms with E-state index in [0.717, 1.165) is 0 Å². The molecule has 2 heterocycles. The lowest BCUT2D eigenvalue weighted by Crippen LogP contribution is -2.50. The lowest BCUT2D eigenvalue weighted by molar-refractivity contribution is -0.434. The summed E-state index contributed by atoms with van der Waals surface area (Å²) in [4.78, 5) is 23.9. The van der Waals surface area contributed by atoms with Crippen LogP contribution in [0, 0.1) is 10.1 Å². The van der Waals surface area contributed by atoms with E-state index in [0.29, 0.717) is 22.7 Å². The second kappa shape index (κ2) is 5.74. The minimum Gasteiger partial charge on any atom is -0.497 e. The van der Waals surface area contributed by atoms with Gasteiger partial charge in [-0.3, -0.25) is 20.3 Å². The van der Waals surface area contributed by atoms with Crippen molar-refractivity contribution in [3.8, 4) is 5.75 Å². The van der Waals surface area contributed by atoms with E-state index in [-0.39, 0.29) is 11.5 Å². The van der Waals surface area contributed by atoms with Crippen molar-refractivity contribution in [2.24, 2.45) is 0 Å². The fourth-order valence-electron chi connectivity index (χ4n) is 3.22. The highest BCUT2D eigenvalue weighted by Crippen LogP contribution is 2.43. The number of fused-ring (bicyclic) bond motifs is 2. The second-order valence-electron chi connectivity index (χ2n) is 5.83. The first-order chi connectivity index (χ1) is 12.6. The number of nitro groups is 1. The first-order valence-electron chi connectivity index (χ1n) is 7.80. The van der Waals surface area contributed by atoms with Crippen molar-refractivity contribution >= 4 is 17.3 Å². The number of anilines is 2. The van der Waals surface area contributed by atoms with Crippen LogP contribution in [-0.2, 0) is 10.3 Å². The number of nitrogens with one attached hydrogen (secondary N) is 4. The standard InChI is InChI=1S/C17H15N5O4/c1-26-11-8-6-10(7-9-11)18-15-14(22(24)25)17(21-20-15)12-4-2-3-5-13(12)19-16(17)23/h2-9,18,20-21H,1H3,(H,19,23). The quantitative estimate of drug-likeness (QED) is 0.486. The van der Waals surface area contributed by atoms with Crippen molar-refractivity contribution in [1.29, 1.82) is 0 Å². The number of hydrazine groups is 1. The Hall–Kier alpha value is -3.59. The van der Waals surface area contributed by atoms with Crippen LogP contribution >= 0.6 is 0 Å². The van der Waals surface area contributed by atoms with Gasteiger partial charge in [0.05, 0.1) is 12.0 Å². The molecule has 0 aliphatic carbocycles. The highest BCUT2D eigenvalue weighted by Gasteiger charge is 2.61. The van der Waals surface area contributed by atoms with Crippen molar-refractivity contribution < 1.29 is 14.5 Å². The summed E-state index contributed by atoms with van der Waals surface area (Å²) in [6.45, 7) is 0. The molecular formula is C17H15N5O4. The van der Waals surface area contributed by atoms with E-state index in [1.807, 2.05) is 0 Å². The summed E-state index contributed by atoms with van der Waals surface area (Å²) in [5.41, 5.74) is 5.30. The van der Waals surface area contributed by atoms with Gasteiger partial charge in [0, 0.05) is 16.9 Å². The maximum Gasteiger partial charge on any atom is 0.323 e. The van der Waals surface area contributed by atoms with Crippen molar-refractivity contribution in [2.45, 2.75) is 5.54 Å². The number of para-hydroxylation sites is 1. The Morgan fingerprint density at radius 2 is 1.88 bits per heavy atom. The van der Waals surface area contributed by atoms with Gasteiger partial charge in [0.25, 0.3) is 5.91 Å². The third-order valence-electron chi connectivity index (χ3n) is 4.43. The van der Waals surface area contributed by atoms with E-state index < -0.39 is 16.4 Å². The number of methoxy groups -OCH3 is 1. The monoisotopic (exact) mass is 353 g/mol. The predicted molar refractivity (Wildman–Crippen MR) is 93.7 cm³/mol. The fraction of sp³-hybridized carbons (Fsp3) is 0.118. The molecular weight excluding hydrogens is 338 g/mol. The summed E-state index contributed by atoms with van der Waals surface area (Å²) in [6.07, 6.45) is 0. The highest BCUT2D eigenvalue weighted by molar-refractivity contribution is 6.08. The normalized spacial score (nSPS) is 20.6. The molecule has 0 radical (unpaired) electrons. The van der Waals surface area contributed by atoms with Crippen molar-refractivity contribution in [1.82, 2.24) is 10.9 Å². The predicted octanol–water partition coefficient (Wildman–Crippen LogP) is 1.51. The fourth-order valence-corrected chi connectivity index (χ4v) is 3.22. The molecule has 1 unspecified atom stereocenters. The van der Waals surface area contributed by atoms with E-state index in [2.05, 4.69) is 21.5 Å². The number of nitrogens with zero attached hydrogens (tertiary/aromatic N) is 1. The second-order valence-corrected chi connectivity index (χ2v) is 5.83. The maximum absolute atomic E-state index is 12.7. The van der Waals surface area contributed by atoms with Crippen LogP contribution in [0.15, 0.2) is 60.0 Å². The van der Waals surface area contributed by atoms with E-state index in [4.69, 9.17) is 4.74 Å². The summed E-state index contributed by atoms with van der Waals surface area (Å²) in [6, 6.07) is 13.8. The Labute approximate surface area is 148 Å². The molecule has 2 aliphatic rings. The maximum atomic E-state index is 12.7. The van der Waals surface area contributed by atoms with Crippen molar-refractivity contribution in [2.75, 3.05) is 17.7 Å². The van der Waals surface area contributed by atoms with E-state index in [1.165, 1.54) is 0 Å². The van der Waals surface area contributed by atoms with E-state index >= 15 is 0 Å². The SMILES string of the molecule is COc1ccc(NC2=C([N+](=O)[O-])C3(NN2)C(=O)Nc2ccccc23)cc1. The molecule has 1 spiro atoms. The van der Waals surface area contributed by atoms with Crippen LogP contribution in [0.2, 0.25) is 0 Å². The van der Waals surface area contributed by atoms with Crippen LogP contribution < -0.4 is 26.2 Å². The van der Waals surface area contributed by atoms with E-state index in [1.54, 1.807) is 55.6 Å². The first kappa shape index (κ1) is 15.9. The molecule has 2 aromatic rings. The van der Waals surface area contributed by atoms with Crippen LogP contribution in [0.5, 0.6) is 5.75 Å². The molecule has 1 amide bonds. The number of ether oxygens (including phenoxy) is 1. The van der Waals surface area contributed by atoms with Gasteiger partial charge < -0.3 is 15.4 Å². The number of hydrogen-bond acceptors (Lipinski definition) is 7. The molecule has 2 aromatic carbocycles. The van der Waals surface area contributed by atoms with Crippen LogP contribution in [0.4, 0.5) is 11.4 Å².